The second kappa shape index (κ2) is 16.2. The molecule has 0 amide bonds. The highest BCUT2D eigenvalue weighted by molar-refractivity contribution is 5.89. The number of carbonyl (C=O) groups is 3. The van der Waals surface area contributed by atoms with Crippen molar-refractivity contribution in [3.63, 3.8) is 0 Å². The van der Waals surface area contributed by atoms with Crippen LogP contribution in [0.1, 0.15) is 69.4 Å². The fourth-order valence-corrected chi connectivity index (χ4v) is 4.97. The summed E-state index contributed by atoms with van der Waals surface area (Å²) in [5.74, 6) is 18.8. The first kappa shape index (κ1) is 32.9. The van der Waals surface area contributed by atoms with Crippen LogP contribution in [0, 0.1) is 59.7 Å². The van der Waals surface area contributed by atoms with Crippen molar-refractivity contribution >= 4 is 17.9 Å². The van der Waals surface area contributed by atoms with Crippen LogP contribution in [0.15, 0.2) is 97.1 Å². The van der Waals surface area contributed by atoms with Gasteiger partial charge in [0.15, 0.2) is 6.61 Å². The Balaban J connectivity index is 1.05. The van der Waals surface area contributed by atoms with Gasteiger partial charge < -0.3 is 14.6 Å². The number of carboxylic acid groups (broad SMARTS) is 1. The molecule has 0 aliphatic heterocycles. The third kappa shape index (κ3) is 9.52. The largest absolute Gasteiger partial charge is 0.481 e. The highest BCUT2D eigenvalue weighted by Gasteiger charge is 2.30. The number of esters is 2. The van der Waals surface area contributed by atoms with Gasteiger partial charge in [-0.25, -0.2) is 4.79 Å². The molecule has 0 aromatic heterocycles. The topological polar surface area (TPSA) is 89.9 Å². The summed E-state index contributed by atoms with van der Waals surface area (Å²) in [5, 5.41) is 9.12. The number of rotatable bonds is 5. The van der Waals surface area contributed by atoms with Crippen molar-refractivity contribution in [1.82, 2.24) is 0 Å². The number of terminal acetylenes is 1. The average molecular weight is 631 g/mol. The van der Waals surface area contributed by atoms with E-state index in [1.54, 1.807) is 0 Å². The Bertz CT molecular complexity index is 2010. The van der Waals surface area contributed by atoms with Crippen molar-refractivity contribution in [2.75, 3.05) is 6.61 Å². The van der Waals surface area contributed by atoms with E-state index in [0.29, 0.717) is 37.0 Å². The van der Waals surface area contributed by atoms with E-state index in [9.17, 15) is 14.4 Å². The summed E-state index contributed by atoms with van der Waals surface area (Å²) in [6.07, 6.45) is 7.28. The van der Waals surface area contributed by atoms with Crippen molar-refractivity contribution < 1.29 is 29.0 Å². The molecule has 234 valence electrons. The number of carboxylic acids is 1. The minimum absolute atomic E-state index is 0.0887. The molecule has 1 saturated carbocycles. The van der Waals surface area contributed by atoms with Gasteiger partial charge in [-0.05, 0) is 123 Å². The van der Waals surface area contributed by atoms with E-state index in [1.165, 1.54) is 24.3 Å². The molecule has 0 heterocycles. The fraction of sp³-hybridized carbons (Fsp3) is 0.167. The maximum absolute atomic E-state index is 12.5. The first-order valence-electron chi connectivity index (χ1n) is 15.4. The number of hydrogen-bond donors (Lipinski definition) is 1. The van der Waals surface area contributed by atoms with Crippen LogP contribution in [0.4, 0.5) is 0 Å². The van der Waals surface area contributed by atoms with E-state index in [2.05, 4.69) is 41.4 Å². The second-order valence-corrected chi connectivity index (χ2v) is 11.1. The lowest BCUT2D eigenvalue weighted by Crippen LogP contribution is -2.28. The minimum Gasteiger partial charge on any atom is -0.481 e. The Morgan fingerprint density at radius 1 is 0.604 bits per heavy atom. The number of aliphatic carboxylic acids is 1. The van der Waals surface area contributed by atoms with E-state index in [-0.39, 0.29) is 18.5 Å². The molecular formula is C42H30O6. The molecule has 5 rings (SSSR count). The molecule has 6 heteroatoms. The van der Waals surface area contributed by atoms with Gasteiger partial charge in [0.25, 0.3) is 0 Å². The van der Waals surface area contributed by atoms with E-state index in [0.717, 1.165) is 33.4 Å². The molecule has 6 nitrogen and oxygen atoms in total. The summed E-state index contributed by atoms with van der Waals surface area (Å²) in [7, 11) is 0. The molecule has 48 heavy (non-hydrogen) atoms. The highest BCUT2D eigenvalue weighted by atomic mass is 16.5. The van der Waals surface area contributed by atoms with Crippen molar-refractivity contribution in [2.45, 2.75) is 25.7 Å². The van der Waals surface area contributed by atoms with E-state index >= 15 is 0 Å². The summed E-state index contributed by atoms with van der Waals surface area (Å²) in [6.45, 7) is -0.0887. The van der Waals surface area contributed by atoms with Crippen molar-refractivity contribution in [3.05, 3.63) is 136 Å². The Hall–Kier alpha value is -6.47. The second-order valence-electron chi connectivity index (χ2n) is 11.1. The summed E-state index contributed by atoms with van der Waals surface area (Å²) < 4.78 is 10.7. The lowest BCUT2D eigenvalue weighted by atomic mass is 9.82. The number of benzene rings is 4. The number of carbonyl (C=O) groups excluding carboxylic acids is 2. The predicted molar refractivity (Wildman–Crippen MR) is 182 cm³/mol. The van der Waals surface area contributed by atoms with Gasteiger partial charge in [0.2, 0.25) is 0 Å². The summed E-state index contributed by atoms with van der Waals surface area (Å²) in [5.41, 5.74) is 5.38. The Labute approximate surface area is 280 Å². The van der Waals surface area contributed by atoms with Crippen LogP contribution in [0.3, 0.4) is 0 Å². The van der Waals surface area contributed by atoms with E-state index in [1.807, 2.05) is 72.8 Å². The smallest absolute Gasteiger partial charge is 0.339 e. The number of ether oxygens (including phenoxy) is 2. The number of hydrogen-bond acceptors (Lipinski definition) is 5. The van der Waals surface area contributed by atoms with Crippen LogP contribution < -0.4 is 4.74 Å². The van der Waals surface area contributed by atoms with Gasteiger partial charge in [0, 0.05) is 33.4 Å². The molecule has 0 saturated heterocycles. The van der Waals surface area contributed by atoms with Gasteiger partial charge >= 0.3 is 17.9 Å². The molecule has 1 aliphatic carbocycles. The lowest BCUT2D eigenvalue weighted by molar-refractivity contribution is -0.146. The minimum atomic E-state index is -0.821. The first-order chi connectivity index (χ1) is 23.4. The third-order valence-corrected chi connectivity index (χ3v) is 7.75. The monoisotopic (exact) mass is 630 g/mol. The molecule has 4 aromatic carbocycles. The predicted octanol–water partition coefficient (Wildman–Crippen LogP) is 6.47. The van der Waals surface area contributed by atoms with Crippen LogP contribution in [0.2, 0.25) is 0 Å². The molecule has 0 spiro atoms. The van der Waals surface area contributed by atoms with Crippen molar-refractivity contribution in [1.29, 1.82) is 0 Å². The van der Waals surface area contributed by atoms with Crippen molar-refractivity contribution in [2.24, 2.45) is 11.8 Å². The zero-order chi connectivity index (χ0) is 33.7. The molecular weight excluding hydrogens is 600 g/mol. The van der Waals surface area contributed by atoms with Crippen molar-refractivity contribution in [3.8, 4) is 53.6 Å². The van der Waals surface area contributed by atoms with Gasteiger partial charge in [-0.2, -0.15) is 0 Å². The molecule has 0 unspecified atom stereocenters. The molecule has 0 atom stereocenters. The van der Waals surface area contributed by atoms with Gasteiger partial charge in [0.05, 0.1) is 17.4 Å². The lowest BCUT2D eigenvalue weighted by Gasteiger charge is -2.24. The van der Waals surface area contributed by atoms with Crippen LogP contribution >= 0.6 is 0 Å². The van der Waals surface area contributed by atoms with E-state index in [4.69, 9.17) is 21.0 Å². The quantitative estimate of drug-likeness (QED) is 0.154. The molecule has 1 fully saturated rings. The normalized spacial score (nSPS) is 14.6. The first-order valence-corrected chi connectivity index (χ1v) is 15.4. The summed E-state index contributed by atoms with van der Waals surface area (Å²) >= 11 is 0. The van der Waals surface area contributed by atoms with Gasteiger partial charge in [-0.1, -0.05) is 41.4 Å². The standard InChI is InChI=1S/C42H30O6/c1-2-30-5-7-32(8-6-30)13-14-34-17-19-35(20-18-34)16-15-33-11-9-31(10-12-33)4-3-29-47-41(45)37-25-27-39(28-26-37)48-42(46)38-23-21-36(22-24-38)40(43)44/h1,5-12,17-20,25-28,36,38H,21-24,29H2,(H,43,44). The Morgan fingerprint density at radius 2 is 1.02 bits per heavy atom. The zero-order valence-corrected chi connectivity index (χ0v) is 26.0. The Kier molecular flexibility index (Phi) is 11.1. The maximum atomic E-state index is 12.5. The molecule has 1 N–H and O–H groups in total. The molecule has 0 radical (unpaired) electrons. The van der Waals surface area contributed by atoms with E-state index < -0.39 is 17.9 Å². The van der Waals surface area contributed by atoms with Crippen LogP contribution in [0.5, 0.6) is 5.75 Å². The molecule has 1 aliphatic rings. The average Bonchev–Trinajstić information content (AvgIpc) is 3.13. The van der Waals surface area contributed by atoms with Crippen LogP contribution in [-0.4, -0.2) is 29.6 Å². The fourth-order valence-electron chi connectivity index (χ4n) is 4.97. The summed E-state index contributed by atoms with van der Waals surface area (Å²) in [6, 6.07) is 28.8. The van der Waals surface area contributed by atoms with Gasteiger partial charge in [-0.15, -0.1) is 6.42 Å². The zero-order valence-electron chi connectivity index (χ0n) is 26.0. The highest BCUT2D eigenvalue weighted by Crippen LogP contribution is 2.30. The van der Waals surface area contributed by atoms with Gasteiger partial charge in [0.1, 0.15) is 5.75 Å². The SMILES string of the molecule is C#Cc1ccc(C#Cc2ccc(C#Cc3ccc(C#CCOC(=O)c4ccc(OC(=O)C5CCC(C(=O)O)CC5)cc4)cc3)cc2)cc1. The summed E-state index contributed by atoms with van der Waals surface area (Å²) in [4.78, 5) is 36.0. The molecule has 4 aromatic rings. The maximum Gasteiger partial charge on any atom is 0.339 e. The van der Waals surface area contributed by atoms with Crippen LogP contribution in [-0.2, 0) is 14.3 Å². The van der Waals surface area contributed by atoms with Gasteiger partial charge in [-0.3, -0.25) is 9.59 Å². The molecule has 0 bridgehead atoms. The van der Waals surface area contributed by atoms with Crippen LogP contribution in [0.25, 0.3) is 0 Å². The Morgan fingerprint density at radius 3 is 1.46 bits per heavy atom. The third-order valence-electron chi connectivity index (χ3n) is 7.75.